The Morgan fingerprint density at radius 3 is 1.16 bits per heavy atom. The normalized spacial score (nSPS) is 9.31. The van der Waals surface area contributed by atoms with Gasteiger partial charge in [-0.25, -0.2) is 16.3 Å². The predicted octanol–water partition coefficient (Wildman–Crippen LogP) is 8.25. The van der Waals surface area contributed by atoms with Gasteiger partial charge in [0.1, 0.15) is 12.9 Å². The molecule has 0 unspecified atom stereocenters. The third-order valence-corrected chi connectivity index (χ3v) is 9.43. The van der Waals surface area contributed by atoms with Crippen molar-refractivity contribution in [3.05, 3.63) is 240 Å². The van der Waals surface area contributed by atoms with Crippen LogP contribution in [0.5, 0.6) is 0 Å². The molecule has 0 aliphatic carbocycles. The molecule has 0 aliphatic rings. The van der Waals surface area contributed by atoms with Crippen LogP contribution in [0.15, 0.2) is 189 Å². The number of nitrogens with zero attached hydrogens (tertiary/aromatic N) is 2. The van der Waals surface area contributed by atoms with E-state index in [4.69, 9.17) is 23.2 Å². The van der Waals surface area contributed by atoms with Crippen molar-refractivity contribution in [1.82, 2.24) is 19.9 Å². The summed E-state index contributed by atoms with van der Waals surface area (Å²) in [5.74, 6) is -0.0648. The SMILES string of the molecule is CC=O.O=BCNc1ccc(-c2ccccc2)[nH]c1=O.O=BCNc1ccc(-c2ccccc2)[nH]c1=O.O=c1[nH]c(-c2ccccc2)ccc1COO.[C-]#[N+]CC(C)=O.[C-]#[N+]c1ccc(-c2ccccc2)[nH]c1=O. The summed E-state index contributed by atoms with van der Waals surface area (Å²) >= 11 is 0. The van der Waals surface area contributed by atoms with Crippen LogP contribution < -0.4 is 32.9 Å². The molecule has 372 valence electrons. The van der Waals surface area contributed by atoms with Gasteiger partial charge >= 0.3 is 197 Å². The third-order valence-electron chi connectivity index (χ3n) is 9.43. The van der Waals surface area contributed by atoms with Crippen molar-refractivity contribution in [2.75, 3.05) is 30.1 Å². The molecule has 0 fully saturated rings. The quantitative estimate of drug-likeness (QED) is 0.0189. The van der Waals surface area contributed by atoms with Gasteiger partial charge in [-0.1, -0.05) is 60.7 Å². The Kier molecular flexibility index (Phi) is 26.7. The average molecular weight is 993 g/mol. The standard InChI is InChI=1S/2C12H11BN2O2.C12H8N2O.C12H11NO3.C4H5NO.C2H4O/c2*16-12-11(14-8-13-17)7-6-10(15-12)9-4-2-1-3-5-9;1-13-11-8-7-10(14-12(11)15)9-5-3-2-4-6-9;14-12-10(8-16-15)6-7-11(13-12)9-4-2-1-3-5-9;1-4(6)3-5-2;1-2-3/h2*1-7,14H,8H2,(H,15,16);2-8H,(H,14,15);1-7,15H,8H2,(H,13,14);3H2,1H3;2H,1H3. The fourth-order valence-electron chi connectivity index (χ4n) is 6.03. The van der Waals surface area contributed by atoms with Crippen LogP contribution in [0.2, 0.25) is 0 Å². The van der Waals surface area contributed by atoms with Gasteiger partial charge in [0.15, 0.2) is 0 Å². The van der Waals surface area contributed by atoms with Crippen LogP contribution in [0.4, 0.5) is 17.1 Å². The second kappa shape index (κ2) is 33.7. The Bertz CT molecular complexity index is 3240. The number of carbonyl (C=O) groups is 2. The summed E-state index contributed by atoms with van der Waals surface area (Å²) in [6.45, 7) is 15.7. The third kappa shape index (κ3) is 20.7. The number of carbonyl (C=O) groups excluding carboxylic acids is 2. The van der Waals surface area contributed by atoms with Crippen LogP contribution in [0.25, 0.3) is 54.7 Å². The number of aromatic nitrogens is 4. The van der Waals surface area contributed by atoms with E-state index >= 15 is 0 Å². The summed E-state index contributed by atoms with van der Waals surface area (Å²) in [4.78, 5) is 85.8. The number of benzene rings is 4. The Morgan fingerprint density at radius 2 is 0.892 bits per heavy atom. The largest absolute Gasteiger partial charge is 0.331 e. The molecule has 18 nitrogen and oxygen atoms in total. The van der Waals surface area contributed by atoms with Crippen LogP contribution in [0, 0.1) is 13.1 Å². The van der Waals surface area contributed by atoms with Crippen molar-refractivity contribution in [1.29, 1.82) is 0 Å². The monoisotopic (exact) mass is 992 g/mol. The van der Waals surface area contributed by atoms with Crippen molar-refractivity contribution in [2.45, 2.75) is 20.5 Å². The number of H-pyrrole nitrogens is 4. The summed E-state index contributed by atoms with van der Waals surface area (Å²) in [6, 6.07) is 51.9. The van der Waals surface area contributed by atoms with Gasteiger partial charge in [0.25, 0.3) is 17.7 Å². The van der Waals surface area contributed by atoms with Gasteiger partial charge in [0.05, 0.1) is 6.57 Å². The Hall–Kier alpha value is -9.75. The van der Waals surface area contributed by atoms with E-state index in [0.29, 0.717) is 31.2 Å². The maximum Gasteiger partial charge on any atom is 0.271 e. The van der Waals surface area contributed by atoms with E-state index in [2.05, 4.69) is 45.1 Å². The van der Waals surface area contributed by atoms with E-state index in [1.807, 2.05) is 133 Å². The summed E-state index contributed by atoms with van der Waals surface area (Å²) in [5.41, 5.74) is 7.02. The first-order valence-corrected chi connectivity index (χ1v) is 22.3. The molecule has 7 N–H and O–H groups in total. The van der Waals surface area contributed by atoms with E-state index in [-0.39, 0.29) is 59.7 Å². The first kappa shape index (κ1) is 58.6. The molecule has 0 bridgehead atoms. The number of Topliss-reactive ketones (excluding diaryl/α,β-unsaturated/α-hetero) is 1. The Morgan fingerprint density at radius 1 is 0.554 bits per heavy atom. The fourth-order valence-corrected chi connectivity index (χ4v) is 6.03. The molecule has 8 aromatic rings. The van der Waals surface area contributed by atoms with Crippen molar-refractivity contribution in [3.8, 4) is 45.0 Å². The molecule has 4 heterocycles. The maximum absolute atomic E-state index is 11.7. The molecular weight excluding hydrogens is 942 g/mol. The molecule has 4 aromatic carbocycles. The van der Waals surface area contributed by atoms with Crippen LogP contribution in [0.1, 0.15) is 19.4 Å². The van der Waals surface area contributed by atoms with E-state index < -0.39 is 0 Å². The first-order chi connectivity index (χ1) is 35.9. The first-order valence-electron chi connectivity index (χ1n) is 22.3. The number of ketones is 1. The molecule has 0 radical (unpaired) electrons. The van der Waals surface area contributed by atoms with Crippen LogP contribution in [0.3, 0.4) is 0 Å². The van der Waals surface area contributed by atoms with Crippen molar-refractivity contribution in [2.24, 2.45) is 0 Å². The fraction of sp³-hybridized carbons (Fsp3) is 0.111. The molecule has 20 heteroatoms. The molecule has 0 atom stereocenters. The Balaban J connectivity index is 0.000000247. The summed E-state index contributed by atoms with van der Waals surface area (Å²) in [6.07, 6.45) is 1.02. The van der Waals surface area contributed by atoms with Gasteiger partial charge in [-0.3, -0.25) is 19.6 Å². The number of pyridine rings is 4. The smallest absolute Gasteiger partial charge is 0.271 e. The maximum atomic E-state index is 11.7. The zero-order valence-electron chi connectivity index (χ0n) is 40.2. The van der Waals surface area contributed by atoms with Gasteiger partial charge in [0, 0.05) is 23.9 Å². The van der Waals surface area contributed by atoms with E-state index in [1.54, 1.807) is 30.3 Å². The van der Waals surface area contributed by atoms with Crippen LogP contribution >= 0.6 is 0 Å². The minimum absolute atomic E-state index is 0.0278. The van der Waals surface area contributed by atoms with Crippen molar-refractivity contribution >= 4 is 43.4 Å². The topological polar surface area (TPSA) is 262 Å². The van der Waals surface area contributed by atoms with E-state index in [0.717, 1.165) is 51.3 Å². The average Bonchev–Trinajstić information content (AvgIpc) is 3.42. The summed E-state index contributed by atoms with van der Waals surface area (Å²) in [5, 5.41) is 13.7. The number of rotatable bonds is 13. The molecule has 8 rings (SSSR count). The Labute approximate surface area is 426 Å². The zero-order valence-corrected chi connectivity index (χ0v) is 40.2. The molecule has 4 aromatic heterocycles. The number of aromatic amines is 4. The second-order valence-electron chi connectivity index (χ2n) is 14.7. The van der Waals surface area contributed by atoms with Crippen molar-refractivity contribution < 1.29 is 29.1 Å². The molecule has 74 heavy (non-hydrogen) atoms. The van der Waals surface area contributed by atoms with Gasteiger partial charge in [-0.15, -0.1) is 0 Å². The number of aldehydes is 1. The number of hydrogen-bond acceptors (Lipinski definition) is 12. The molecule has 0 amide bonds. The number of nitrogens with one attached hydrogen (secondary N) is 6. The van der Waals surface area contributed by atoms with E-state index in [1.165, 1.54) is 19.9 Å². The minimum Gasteiger partial charge on any atom is -0.331 e. The van der Waals surface area contributed by atoms with Crippen LogP contribution in [-0.2, 0) is 30.5 Å². The zero-order chi connectivity index (χ0) is 53.9. The molecule has 0 spiro atoms. The molecule has 0 aliphatic heterocycles. The van der Waals surface area contributed by atoms with Gasteiger partial charge in [-0.2, -0.15) is 0 Å². The van der Waals surface area contributed by atoms with Gasteiger partial charge in [0.2, 0.25) is 11.5 Å². The van der Waals surface area contributed by atoms with Gasteiger partial charge in [-0.05, 0) is 42.3 Å². The number of anilines is 2. The molecular formula is C54H50B2N8O10. The second-order valence-corrected chi connectivity index (χ2v) is 14.7. The predicted molar refractivity (Wildman–Crippen MR) is 287 cm³/mol. The molecule has 0 saturated heterocycles. The summed E-state index contributed by atoms with van der Waals surface area (Å²) < 4.78 is 20.4. The van der Waals surface area contributed by atoms with Crippen LogP contribution in [-0.4, -0.2) is 71.0 Å². The number of hydrogen-bond donors (Lipinski definition) is 7. The summed E-state index contributed by atoms with van der Waals surface area (Å²) in [7, 11) is 1.43. The minimum atomic E-state index is -0.341. The molecule has 0 saturated carbocycles. The van der Waals surface area contributed by atoms with E-state index in [9.17, 15) is 33.4 Å². The van der Waals surface area contributed by atoms with Crippen molar-refractivity contribution in [3.63, 3.8) is 0 Å². The van der Waals surface area contributed by atoms with Gasteiger partial charge < -0.3 is 19.6 Å².